The maximum atomic E-state index is 14.8. The van der Waals surface area contributed by atoms with Gasteiger partial charge >= 0.3 is 0 Å². The number of ether oxygens (including phenoxy) is 1. The van der Waals surface area contributed by atoms with Gasteiger partial charge in [0.2, 0.25) is 5.91 Å². The Morgan fingerprint density at radius 3 is 2.57 bits per heavy atom. The monoisotopic (exact) mass is 508 g/mol. The second-order valence-electron chi connectivity index (χ2n) is 9.91. The molecule has 2 heterocycles. The molecule has 1 amide bonds. The van der Waals surface area contributed by atoms with Crippen molar-refractivity contribution in [1.82, 2.24) is 29.9 Å². The smallest absolute Gasteiger partial charge is 0.249 e. The fourth-order valence-electron chi connectivity index (χ4n) is 4.38. The Bertz CT molecular complexity index is 1330. The Labute approximate surface area is 214 Å². The van der Waals surface area contributed by atoms with Gasteiger partial charge in [-0.1, -0.05) is 51.1 Å². The van der Waals surface area contributed by atoms with E-state index in [0.29, 0.717) is 18.1 Å². The van der Waals surface area contributed by atoms with Crippen LogP contribution in [0.25, 0.3) is 11.3 Å². The first kappa shape index (κ1) is 26.2. The van der Waals surface area contributed by atoms with Crippen LogP contribution in [-0.2, 0) is 22.6 Å². The summed E-state index contributed by atoms with van der Waals surface area (Å²) in [5.41, 5.74) is 1.37. The number of nitrogens with one attached hydrogen (secondary N) is 1. The normalized spacial score (nSPS) is 12.5. The summed E-state index contributed by atoms with van der Waals surface area (Å²) in [7, 11) is 1.46. The second-order valence-corrected chi connectivity index (χ2v) is 9.91. The number of amides is 1. The summed E-state index contributed by atoms with van der Waals surface area (Å²) < 4.78 is 35.9. The molecule has 4 rings (SSSR count). The van der Waals surface area contributed by atoms with Gasteiger partial charge < -0.3 is 14.2 Å². The van der Waals surface area contributed by atoms with Crippen molar-refractivity contribution in [2.45, 2.75) is 39.9 Å². The SMILES string of the molecule is COCC(=O)N(Cc1cn[nH]n1)[C@@H](c1nc(-c2cc(F)ccc2F)cn1Cc1ccccc1)C(C)(C)C. The van der Waals surface area contributed by atoms with Gasteiger partial charge in [0, 0.05) is 25.4 Å². The average Bonchev–Trinajstić information content (AvgIpc) is 3.51. The van der Waals surface area contributed by atoms with E-state index in [1.54, 1.807) is 17.3 Å². The van der Waals surface area contributed by atoms with E-state index < -0.39 is 23.1 Å². The molecule has 1 atom stereocenters. The van der Waals surface area contributed by atoms with E-state index in [9.17, 15) is 13.6 Å². The Kier molecular flexibility index (Phi) is 7.77. The fourth-order valence-corrected chi connectivity index (χ4v) is 4.38. The first-order valence-corrected chi connectivity index (χ1v) is 11.9. The lowest BCUT2D eigenvalue weighted by molar-refractivity contribution is -0.141. The summed E-state index contributed by atoms with van der Waals surface area (Å²) in [5.74, 6) is -0.883. The first-order chi connectivity index (χ1) is 17.7. The van der Waals surface area contributed by atoms with Crippen molar-refractivity contribution in [3.8, 4) is 11.3 Å². The lowest BCUT2D eigenvalue weighted by Crippen LogP contribution is -2.43. The molecule has 1 N–H and O–H groups in total. The van der Waals surface area contributed by atoms with Crippen molar-refractivity contribution < 1.29 is 18.3 Å². The van der Waals surface area contributed by atoms with Gasteiger partial charge in [-0.15, -0.1) is 0 Å². The van der Waals surface area contributed by atoms with Crippen LogP contribution in [0.15, 0.2) is 60.9 Å². The molecule has 2 aromatic carbocycles. The minimum Gasteiger partial charge on any atom is -0.375 e. The predicted molar refractivity (Wildman–Crippen MR) is 134 cm³/mol. The zero-order chi connectivity index (χ0) is 26.6. The number of hydrogen-bond donors (Lipinski definition) is 1. The Morgan fingerprint density at radius 1 is 1.16 bits per heavy atom. The number of nitrogens with zero attached hydrogens (tertiary/aromatic N) is 5. The highest BCUT2D eigenvalue weighted by Crippen LogP contribution is 2.40. The highest BCUT2D eigenvalue weighted by molar-refractivity contribution is 5.78. The number of imidazole rings is 1. The quantitative estimate of drug-likeness (QED) is 0.352. The molecule has 0 aliphatic heterocycles. The van der Waals surface area contributed by atoms with Crippen molar-refractivity contribution in [2.75, 3.05) is 13.7 Å². The number of methoxy groups -OCH3 is 1. The predicted octanol–water partition coefficient (Wildman–Crippen LogP) is 4.76. The van der Waals surface area contributed by atoms with Gasteiger partial charge in [0.1, 0.15) is 29.8 Å². The number of H-pyrrole nitrogens is 1. The number of rotatable bonds is 9. The third-order valence-electron chi connectivity index (χ3n) is 5.97. The van der Waals surface area contributed by atoms with Gasteiger partial charge in [0.25, 0.3) is 0 Å². The third kappa shape index (κ3) is 6.08. The van der Waals surface area contributed by atoms with Gasteiger partial charge in [-0.05, 0) is 29.2 Å². The van der Waals surface area contributed by atoms with Crippen molar-refractivity contribution in [1.29, 1.82) is 0 Å². The van der Waals surface area contributed by atoms with Crippen LogP contribution in [0.5, 0.6) is 0 Å². The van der Waals surface area contributed by atoms with E-state index >= 15 is 0 Å². The van der Waals surface area contributed by atoms with E-state index in [4.69, 9.17) is 9.72 Å². The minimum atomic E-state index is -0.584. The molecule has 0 saturated carbocycles. The second kappa shape index (κ2) is 11.0. The molecule has 37 heavy (non-hydrogen) atoms. The summed E-state index contributed by atoms with van der Waals surface area (Å²) in [6.07, 6.45) is 3.25. The Hall–Kier alpha value is -3.92. The Morgan fingerprint density at radius 2 is 1.92 bits per heavy atom. The molecule has 8 nitrogen and oxygen atoms in total. The minimum absolute atomic E-state index is 0.0481. The van der Waals surface area contributed by atoms with Crippen LogP contribution in [0.3, 0.4) is 0 Å². The first-order valence-electron chi connectivity index (χ1n) is 11.9. The molecular weight excluding hydrogens is 478 g/mol. The average molecular weight is 509 g/mol. The van der Waals surface area contributed by atoms with E-state index in [2.05, 4.69) is 15.4 Å². The summed E-state index contributed by atoms with van der Waals surface area (Å²) in [5, 5.41) is 10.6. The molecule has 0 bridgehead atoms. The van der Waals surface area contributed by atoms with Crippen LogP contribution in [0.4, 0.5) is 8.78 Å². The number of benzene rings is 2. The van der Waals surface area contributed by atoms with Crippen LogP contribution in [0.2, 0.25) is 0 Å². The molecule has 194 valence electrons. The summed E-state index contributed by atoms with van der Waals surface area (Å²) in [6, 6.07) is 12.4. The fraction of sp³-hybridized carbons (Fsp3) is 0.333. The van der Waals surface area contributed by atoms with E-state index in [1.807, 2.05) is 55.7 Å². The van der Waals surface area contributed by atoms with Gasteiger partial charge in [0.15, 0.2) is 0 Å². The van der Waals surface area contributed by atoms with E-state index in [1.165, 1.54) is 7.11 Å². The highest BCUT2D eigenvalue weighted by Gasteiger charge is 2.39. The van der Waals surface area contributed by atoms with Crippen LogP contribution in [0.1, 0.15) is 43.9 Å². The van der Waals surface area contributed by atoms with Crippen molar-refractivity contribution in [3.05, 3.63) is 89.6 Å². The molecule has 2 aromatic heterocycles. The lowest BCUT2D eigenvalue weighted by Gasteiger charge is -2.39. The molecule has 0 radical (unpaired) electrons. The molecule has 10 heteroatoms. The van der Waals surface area contributed by atoms with Crippen molar-refractivity contribution in [3.63, 3.8) is 0 Å². The maximum absolute atomic E-state index is 14.8. The zero-order valence-corrected chi connectivity index (χ0v) is 21.3. The topological polar surface area (TPSA) is 88.9 Å². The third-order valence-corrected chi connectivity index (χ3v) is 5.97. The number of carbonyl (C=O) groups excluding carboxylic acids is 1. The number of aromatic amines is 1. The number of hydrogen-bond acceptors (Lipinski definition) is 5. The van der Waals surface area contributed by atoms with E-state index in [0.717, 1.165) is 23.8 Å². The van der Waals surface area contributed by atoms with Crippen LogP contribution >= 0.6 is 0 Å². The summed E-state index contributed by atoms with van der Waals surface area (Å²) in [4.78, 5) is 19.8. The molecule has 0 spiro atoms. The highest BCUT2D eigenvalue weighted by atomic mass is 19.1. The summed E-state index contributed by atoms with van der Waals surface area (Å²) in [6.45, 7) is 6.42. The van der Waals surface area contributed by atoms with Crippen molar-refractivity contribution in [2.24, 2.45) is 5.41 Å². The van der Waals surface area contributed by atoms with Gasteiger partial charge in [0.05, 0.1) is 24.5 Å². The molecule has 0 unspecified atom stereocenters. The van der Waals surface area contributed by atoms with Gasteiger partial charge in [-0.2, -0.15) is 15.4 Å². The summed E-state index contributed by atoms with van der Waals surface area (Å²) >= 11 is 0. The molecule has 0 fully saturated rings. The zero-order valence-electron chi connectivity index (χ0n) is 21.3. The van der Waals surface area contributed by atoms with Crippen LogP contribution in [-0.4, -0.2) is 49.5 Å². The van der Waals surface area contributed by atoms with Gasteiger partial charge in [-0.3, -0.25) is 4.79 Å². The molecule has 0 saturated heterocycles. The standard InChI is InChI=1S/C27H30F2N6O2/c1-27(2,3)25(35(24(36)17-37-4)15-20-13-30-33-32-20)26-31-23(21-12-19(28)10-11-22(21)29)16-34(26)14-18-8-6-5-7-9-18/h5-13,16,25H,14-15,17H2,1-4H3,(H,30,32,33)/t25-/m0/s1. The largest absolute Gasteiger partial charge is 0.375 e. The van der Waals surface area contributed by atoms with Crippen LogP contribution in [0, 0.1) is 17.0 Å². The molecule has 4 aromatic rings. The number of carbonyl (C=O) groups is 1. The number of halogens is 2. The molecular formula is C27H30F2N6O2. The maximum Gasteiger partial charge on any atom is 0.249 e. The molecule has 0 aliphatic rings. The lowest BCUT2D eigenvalue weighted by atomic mass is 9.84. The molecule has 0 aliphatic carbocycles. The van der Waals surface area contributed by atoms with Gasteiger partial charge in [-0.25, -0.2) is 13.8 Å². The Balaban J connectivity index is 1.89. The van der Waals surface area contributed by atoms with Crippen molar-refractivity contribution >= 4 is 5.91 Å². The van der Waals surface area contributed by atoms with E-state index in [-0.39, 0.29) is 30.3 Å². The number of aromatic nitrogens is 5. The van der Waals surface area contributed by atoms with Crippen LogP contribution < -0.4 is 0 Å².